The van der Waals surface area contributed by atoms with Crippen molar-refractivity contribution in [3.8, 4) is 11.5 Å². The highest BCUT2D eigenvalue weighted by atomic mass is 16.4. The minimum Gasteiger partial charge on any atom is -0.481 e. The van der Waals surface area contributed by atoms with E-state index in [2.05, 4.69) is 15.0 Å². The number of carbonyl (C=O) groups is 1. The first-order valence-electron chi connectivity index (χ1n) is 6.61. The summed E-state index contributed by atoms with van der Waals surface area (Å²) in [6.45, 7) is 2.21. The van der Waals surface area contributed by atoms with E-state index in [4.69, 9.17) is 5.11 Å². The molecule has 0 atom stereocenters. The van der Waals surface area contributed by atoms with Crippen molar-refractivity contribution in [1.29, 1.82) is 0 Å². The van der Waals surface area contributed by atoms with E-state index in [0.717, 1.165) is 16.7 Å². The molecule has 3 rings (SSSR count). The van der Waals surface area contributed by atoms with Crippen LogP contribution in [-0.2, 0) is 11.3 Å². The van der Waals surface area contributed by atoms with Gasteiger partial charge in [0.15, 0.2) is 5.82 Å². The van der Waals surface area contributed by atoms with Gasteiger partial charge in [-0.25, -0.2) is 9.97 Å². The van der Waals surface area contributed by atoms with E-state index in [1.54, 1.807) is 12.4 Å². The number of aryl methyl sites for hydroxylation is 2. The average molecular weight is 282 g/mol. The second-order valence-corrected chi connectivity index (χ2v) is 4.76. The summed E-state index contributed by atoms with van der Waals surface area (Å²) in [6.07, 6.45) is 3.37. The first kappa shape index (κ1) is 13.2. The van der Waals surface area contributed by atoms with Crippen LogP contribution in [0.3, 0.4) is 0 Å². The van der Waals surface area contributed by atoms with Crippen LogP contribution in [0.25, 0.3) is 22.6 Å². The molecule has 1 N–H and O–H groups in total. The normalized spacial score (nSPS) is 10.9. The highest BCUT2D eigenvalue weighted by Crippen LogP contribution is 2.23. The van der Waals surface area contributed by atoms with Crippen molar-refractivity contribution in [2.24, 2.45) is 0 Å². The van der Waals surface area contributed by atoms with Crippen LogP contribution in [-0.4, -0.2) is 30.6 Å². The van der Waals surface area contributed by atoms with Gasteiger partial charge in [0.25, 0.3) is 0 Å². The zero-order chi connectivity index (χ0) is 14.8. The van der Waals surface area contributed by atoms with Crippen LogP contribution in [0.4, 0.5) is 0 Å². The summed E-state index contributed by atoms with van der Waals surface area (Å²) in [7, 11) is 0. The second-order valence-electron chi connectivity index (χ2n) is 4.76. The summed E-state index contributed by atoms with van der Waals surface area (Å²) in [5.41, 5.74) is 3.19. The van der Waals surface area contributed by atoms with Crippen molar-refractivity contribution in [2.75, 3.05) is 0 Å². The monoisotopic (exact) mass is 282 g/mol. The van der Waals surface area contributed by atoms with E-state index in [1.165, 1.54) is 0 Å². The fourth-order valence-electron chi connectivity index (χ4n) is 2.21. The number of hydrogen-bond acceptors (Lipinski definition) is 4. The number of nitrogens with zero attached hydrogens (tertiary/aromatic N) is 4. The molecule has 0 saturated heterocycles. The summed E-state index contributed by atoms with van der Waals surface area (Å²) >= 11 is 0. The molecule has 6 nitrogen and oxygen atoms in total. The molecule has 0 aliphatic carbocycles. The molecule has 6 heteroatoms. The fourth-order valence-corrected chi connectivity index (χ4v) is 2.21. The Kier molecular flexibility index (Phi) is 3.35. The lowest BCUT2D eigenvalue weighted by atomic mass is 10.3. The van der Waals surface area contributed by atoms with Crippen molar-refractivity contribution in [1.82, 2.24) is 19.5 Å². The van der Waals surface area contributed by atoms with Gasteiger partial charge in [0.2, 0.25) is 0 Å². The standard InChI is InChI=1S/C15H14N4O2/c1-10-8-17-12(9-16-10)15-18-11-4-2-3-5-13(11)19(15)7-6-14(20)21/h2-5,8-9H,6-7H2,1H3,(H,20,21). The number of benzene rings is 1. The molecule has 0 radical (unpaired) electrons. The molecule has 2 heterocycles. The van der Waals surface area contributed by atoms with Gasteiger partial charge in [0, 0.05) is 12.7 Å². The van der Waals surface area contributed by atoms with Crippen LogP contribution in [0.15, 0.2) is 36.7 Å². The molecule has 2 aromatic heterocycles. The Balaban J connectivity index is 2.13. The smallest absolute Gasteiger partial charge is 0.305 e. The molecule has 0 unspecified atom stereocenters. The quantitative estimate of drug-likeness (QED) is 0.794. The lowest BCUT2D eigenvalue weighted by molar-refractivity contribution is -0.137. The number of imidazole rings is 1. The number of rotatable bonds is 4. The highest BCUT2D eigenvalue weighted by Gasteiger charge is 2.14. The van der Waals surface area contributed by atoms with Crippen LogP contribution in [0.1, 0.15) is 12.1 Å². The largest absolute Gasteiger partial charge is 0.481 e. The van der Waals surface area contributed by atoms with E-state index in [-0.39, 0.29) is 6.42 Å². The van der Waals surface area contributed by atoms with Crippen LogP contribution >= 0.6 is 0 Å². The van der Waals surface area contributed by atoms with Gasteiger partial charge in [-0.05, 0) is 19.1 Å². The maximum absolute atomic E-state index is 10.9. The molecule has 0 aliphatic heterocycles. The van der Waals surface area contributed by atoms with Crippen LogP contribution in [0, 0.1) is 6.92 Å². The molecule has 21 heavy (non-hydrogen) atoms. The van der Waals surface area contributed by atoms with E-state index >= 15 is 0 Å². The predicted octanol–water partition coefficient (Wildman–Crippen LogP) is 2.28. The second kappa shape index (κ2) is 5.32. The van der Waals surface area contributed by atoms with E-state index in [0.29, 0.717) is 18.1 Å². The Morgan fingerprint density at radius 3 is 2.76 bits per heavy atom. The molecule has 0 amide bonds. The van der Waals surface area contributed by atoms with Crippen molar-refractivity contribution in [2.45, 2.75) is 19.9 Å². The van der Waals surface area contributed by atoms with E-state index in [9.17, 15) is 4.79 Å². The number of carboxylic acids is 1. The number of carboxylic acid groups (broad SMARTS) is 1. The molecule has 1 aromatic carbocycles. The third-order valence-electron chi connectivity index (χ3n) is 3.21. The van der Waals surface area contributed by atoms with Gasteiger partial charge < -0.3 is 9.67 Å². The summed E-state index contributed by atoms with van der Waals surface area (Å²) in [6, 6.07) is 7.64. The van der Waals surface area contributed by atoms with Gasteiger partial charge in [-0.15, -0.1) is 0 Å². The van der Waals surface area contributed by atoms with Gasteiger partial charge in [-0.1, -0.05) is 12.1 Å². The Bertz CT molecular complexity index is 793. The number of aromatic nitrogens is 4. The Morgan fingerprint density at radius 2 is 2.05 bits per heavy atom. The fraction of sp³-hybridized carbons (Fsp3) is 0.200. The summed E-state index contributed by atoms with van der Waals surface area (Å²) in [4.78, 5) is 24.0. The highest BCUT2D eigenvalue weighted by molar-refractivity contribution is 5.80. The molecule has 0 aliphatic rings. The molecule has 0 spiro atoms. The summed E-state index contributed by atoms with van der Waals surface area (Å²) in [5.74, 6) is -0.196. The third kappa shape index (κ3) is 2.60. The Morgan fingerprint density at radius 1 is 1.24 bits per heavy atom. The zero-order valence-corrected chi connectivity index (χ0v) is 11.5. The third-order valence-corrected chi connectivity index (χ3v) is 3.21. The SMILES string of the molecule is Cc1cnc(-c2nc3ccccc3n2CCC(=O)O)cn1. The van der Waals surface area contributed by atoms with Crippen LogP contribution < -0.4 is 0 Å². The number of aliphatic carboxylic acids is 1. The Hall–Kier alpha value is -2.76. The maximum atomic E-state index is 10.9. The Labute approximate surface area is 121 Å². The lowest BCUT2D eigenvalue weighted by Crippen LogP contribution is -2.06. The van der Waals surface area contributed by atoms with Crippen LogP contribution in [0.2, 0.25) is 0 Å². The summed E-state index contributed by atoms with van der Waals surface area (Å²) < 4.78 is 1.88. The average Bonchev–Trinajstić information content (AvgIpc) is 2.84. The molecule has 0 saturated carbocycles. The maximum Gasteiger partial charge on any atom is 0.305 e. The first-order chi connectivity index (χ1) is 10.1. The minimum absolute atomic E-state index is 0.0344. The van der Waals surface area contributed by atoms with E-state index in [1.807, 2.05) is 35.8 Å². The first-order valence-corrected chi connectivity index (χ1v) is 6.61. The number of fused-ring (bicyclic) bond motifs is 1. The van der Waals surface area contributed by atoms with Gasteiger partial charge in [0.1, 0.15) is 5.69 Å². The van der Waals surface area contributed by atoms with Gasteiger partial charge in [-0.3, -0.25) is 9.78 Å². The number of para-hydroxylation sites is 2. The van der Waals surface area contributed by atoms with Crippen molar-refractivity contribution in [3.05, 3.63) is 42.4 Å². The molecular weight excluding hydrogens is 268 g/mol. The predicted molar refractivity (Wildman–Crippen MR) is 77.7 cm³/mol. The molecule has 3 aromatic rings. The zero-order valence-electron chi connectivity index (χ0n) is 11.5. The van der Waals surface area contributed by atoms with Crippen molar-refractivity contribution >= 4 is 17.0 Å². The minimum atomic E-state index is -0.839. The van der Waals surface area contributed by atoms with Crippen molar-refractivity contribution < 1.29 is 9.90 Å². The molecule has 106 valence electrons. The molecular formula is C15H14N4O2. The molecule has 0 fully saturated rings. The van der Waals surface area contributed by atoms with Gasteiger partial charge in [-0.2, -0.15) is 0 Å². The number of hydrogen-bond donors (Lipinski definition) is 1. The van der Waals surface area contributed by atoms with Crippen LogP contribution in [0.5, 0.6) is 0 Å². The summed E-state index contributed by atoms with van der Waals surface area (Å²) in [5, 5.41) is 8.92. The van der Waals surface area contributed by atoms with Crippen molar-refractivity contribution in [3.63, 3.8) is 0 Å². The van der Waals surface area contributed by atoms with E-state index < -0.39 is 5.97 Å². The van der Waals surface area contributed by atoms with Gasteiger partial charge in [0.05, 0.1) is 29.3 Å². The lowest BCUT2D eigenvalue weighted by Gasteiger charge is -2.07. The van der Waals surface area contributed by atoms with Gasteiger partial charge >= 0.3 is 5.97 Å². The molecule has 0 bridgehead atoms. The topological polar surface area (TPSA) is 80.9 Å².